The minimum atomic E-state index is -0.297. The smallest absolute Gasteiger partial charge is 0.254 e. The molecular formula is C25H27N5O3. The lowest BCUT2D eigenvalue weighted by molar-refractivity contribution is 0.0954. The van der Waals surface area contributed by atoms with Crippen LogP contribution in [0.15, 0.2) is 59.4 Å². The third-order valence-electron chi connectivity index (χ3n) is 5.83. The largest absolute Gasteiger partial charge is 0.491 e. The molecule has 8 heteroatoms. The van der Waals surface area contributed by atoms with Gasteiger partial charge in [-0.15, -0.1) is 0 Å². The van der Waals surface area contributed by atoms with E-state index < -0.39 is 0 Å². The van der Waals surface area contributed by atoms with Crippen LogP contribution in [0.2, 0.25) is 0 Å². The number of aliphatic imine (C=N–C) groups is 1. The zero-order valence-electron chi connectivity index (χ0n) is 18.6. The standard InChI is InChI=1S/C25H27N5O3/c1-27-13-15(12-26)6-8-30-24(31)16-10-19-21(14-33-23(19)20(11-16)25(32)28-2)17-4-3-5-22-18(17)7-9-29-22/h3-5,7,9-13,21,29H,6,8,14,26H2,1-2H3,(H,28,32)(H,30,31)/t21-/m1/s1. The fraction of sp³-hybridized carbons (Fsp3) is 0.240. The lowest BCUT2D eigenvalue weighted by Crippen LogP contribution is -2.26. The van der Waals surface area contributed by atoms with Gasteiger partial charge in [-0.25, -0.2) is 0 Å². The number of nitrogens with one attached hydrogen (secondary N) is 3. The Bertz CT molecular complexity index is 1260. The molecule has 0 saturated carbocycles. The molecule has 0 saturated heterocycles. The summed E-state index contributed by atoms with van der Waals surface area (Å²) in [6.45, 7) is 0.790. The van der Waals surface area contributed by atoms with Gasteiger partial charge in [0, 0.05) is 61.0 Å². The Labute approximate surface area is 191 Å². The van der Waals surface area contributed by atoms with Gasteiger partial charge in [0.2, 0.25) is 0 Å². The Balaban J connectivity index is 1.68. The number of amides is 2. The van der Waals surface area contributed by atoms with Gasteiger partial charge in [-0.2, -0.15) is 0 Å². The van der Waals surface area contributed by atoms with Crippen LogP contribution in [0.4, 0.5) is 0 Å². The topological polar surface area (TPSA) is 122 Å². The number of hydrogen-bond acceptors (Lipinski definition) is 5. The second kappa shape index (κ2) is 9.60. The van der Waals surface area contributed by atoms with Crippen molar-refractivity contribution in [3.05, 3.63) is 76.6 Å². The summed E-state index contributed by atoms with van der Waals surface area (Å²) < 4.78 is 6.00. The Kier molecular flexibility index (Phi) is 6.44. The van der Waals surface area contributed by atoms with Gasteiger partial charge in [-0.1, -0.05) is 12.1 Å². The number of nitrogens with two attached hydrogens (primary N) is 1. The molecule has 3 aromatic rings. The molecule has 0 bridgehead atoms. The van der Waals surface area contributed by atoms with Gasteiger partial charge in [-0.3, -0.25) is 14.6 Å². The highest BCUT2D eigenvalue weighted by Gasteiger charge is 2.32. The van der Waals surface area contributed by atoms with Crippen molar-refractivity contribution in [2.75, 3.05) is 27.2 Å². The average Bonchev–Trinajstić information content (AvgIpc) is 3.49. The monoisotopic (exact) mass is 445 g/mol. The summed E-state index contributed by atoms with van der Waals surface area (Å²) in [4.78, 5) is 32.8. The van der Waals surface area contributed by atoms with Crippen LogP contribution in [0.5, 0.6) is 5.75 Å². The van der Waals surface area contributed by atoms with Crippen molar-refractivity contribution in [1.82, 2.24) is 15.6 Å². The first-order chi connectivity index (χ1) is 16.1. The minimum absolute atomic E-state index is 0.0943. The summed E-state index contributed by atoms with van der Waals surface area (Å²) in [6, 6.07) is 11.5. The van der Waals surface area contributed by atoms with E-state index in [-0.39, 0.29) is 17.7 Å². The maximum atomic E-state index is 13.0. The second-order valence-electron chi connectivity index (χ2n) is 7.81. The molecule has 2 amide bonds. The molecular weight excluding hydrogens is 418 g/mol. The summed E-state index contributed by atoms with van der Waals surface area (Å²) in [5.74, 6) is -0.133. The molecule has 8 nitrogen and oxygen atoms in total. The van der Waals surface area contributed by atoms with Gasteiger partial charge in [0.1, 0.15) is 5.75 Å². The number of aromatic amines is 1. The number of fused-ring (bicyclic) bond motifs is 2. The predicted octanol–water partition coefficient (Wildman–Crippen LogP) is 2.71. The lowest BCUT2D eigenvalue weighted by atomic mass is 9.88. The van der Waals surface area contributed by atoms with E-state index in [9.17, 15) is 9.59 Å². The van der Waals surface area contributed by atoms with E-state index in [1.165, 1.54) is 6.20 Å². The van der Waals surface area contributed by atoms with Crippen molar-refractivity contribution in [1.29, 1.82) is 0 Å². The molecule has 0 spiro atoms. The van der Waals surface area contributed by atoms with Crippen LogP contribution in [0.25, 0.3) is 10.9 Å². The van der Waals surface area contributed by atoms with Gasteiger partial charge >= 0.3 is 0 Å². The Morgan fingerprint density at radius 2 is 2.09 bits per heavy atom. The molecule has 1 aliphatic heterocycles. The maximum absolute atomic E-state index is 13.0. The molecule has 0 unspecified atom stereocenters. The molecule has 0 fully saturated rings. The first kappa shape index (κ1) is 22.1. The van der Waals surface area contributed by atoms with E-state index >= 15 is 0 Å². The van der Waals surface area contributed by atoms with Crippen molar-refractivity contribution in [3.63, 3.8) is 0 Å². The second-order valence-corrected chi connectivity index (χ2v) is 7.81. The Morgan fingerprint density at radius 3 is 2.85 bits per heavy atom. The van der Waals surface area contributed by atoms with E-state index in [1.807, 2.05) is 30.5 Å². The van der Waals surface area contributed by atoms with Crippen LogP contribution in [-0.2, 0) is 0 Å². The predicted molar refractivity (Wildman–Crippen MR) is 129 cm³/mol. The zero-order valence-corrected chi connectivity index (χ0v) is 18.6. The minimum Gasteiger partial charge on any atom is -0.491 e. The van der Waals surface area contributed by atoms with Gasteiger partial charge in [0.25, 0.3) is 11.8 Å². The molecule has 1 atom stereocenters. The highest BCUT2D eigenvalue weighted by Crippen LogP contribution is 2.43. The Hall–Kier alpha value is -4.07. The summed E-state index contributed by atoms with van der Waals surface area (Å²) >= 11 is 0. The van der Waals surface area contributed by atoms with Crippen LogP contribution < -0.4 is 21.1 Å². The number of nitrogens with zero attached hydrogens (tertiary/aromatic N) is 1. The summed E-state index contributed by atoms with van der Waals surface area (Å²) in [6.07, 6.45) is 5.59. The van der Waals surface area contributed by atoms with Crippen molar-refractivity contribution in [2.24, 2.45) is 10.7 Å². The highest BCUT2D eigenvalue weighted by atomic mass is 16.5. The third-order valence-corrected chi connectivity index (χ3v) is 5.83. The normalized spacial score (nSPS) is 15.5. The van der Waals surface area contributed by atoms with Crippen LogP contribution in [0.1, 0.15) is 44.2 Å². The molecule has 1 aliphatic rings. The highest BCUT2D eigenvalue weighted by molar-refractivity contribution is 6.02. The SMILES string of the molecule is CN=CC(=CN)CCNC(=O)c1cc(C(=O)NC)c2c(c1)[C@@H](c1cccc3[nH]ccc13)CO2. The van der Waals surface area contributed by atoms with Crippen molar-refractivity contribution < 1.29 is 14.3 Å². The number of aromatic nitrogens is 1. The molecule has 4 rings (SSSR count). The number of rotatable bonds is 7. The fourth-order valence-corrected chi connectivity index (χ4v) is 4.21. The number of benzene rings is 2. The van der Waals surface area contributed by atoms with Crippen LogP contribution >= 0.6 is 0 Å². The van der Waals surface area contributed by atoms with E-state index in [0.29, 0.717) is 36.4 Å². The molecule has 5 N–H and O–H groups in total. The number of H-pyrrole nitrogens is 1. The van der Waals surface area contributed by atoms with Gasteiger partial charge in [0.05, 0.1) is 12.2 Å². The van der Waals surface area contributed by atoms with E-state index in [0.717, 1.165) is 27.6 Å². The summed E-state index contributed by atoms with van der Waals surface area (Å²) in [5, 5.41) is 6.64. The molecule has 0 radical (unpaired) electrons. The van der Waals surface area contributed by atoms with Crippen LogP contribution in [0, 0.1) is 0 Å². The van der Waals surface area contributed by atoms with Crippen molar-refractivity contribution in [3.8, 4) is 5.75 Å². The lowest BCUT2D eigenvalue weighted by Gasteiger charge is -2.14. The zero-order chi connectivity index (χ0) is 23.4. The first-order valence-corrected chi connectivity index (χ1v) is 10.8. The van der Waals surface area contributed by atoms with E-state index in [2.05, 4.69) is 26.7 Å². The number of ether oxygens (including phenoxy) is 1. The van der Waals surface area contributed by atoms with E-state index in [4.69, 9.17) is 10.5 Å². The molecule has 2 aromatic carbocycles. The van der Waals surface area contributed by atoms with Crippen LogP contribution in [0.3, 0.4) is 0 Å². The maximum Gasteiger partial charge on any atom is 0.254 e. The Morgan fingerprint density at radius 1 is 1.24 bits per heavy atom. The number of hydrogen-bond donors (Lipinski definition) is 4. The summed E-state index contributed by atoms with van der Waals surface area (Å²) in [7, 11) is 3.23. The number of carbonyl (C=O) groups excluding carboxylic acids is 2. The van der Waals surface area contributed by atoms with Crippen molar-refractivity contribution >= 4 is 28.9 Å². The van der Waals surface area contributed by atoms with E-state index in [1.54, 1.807) is 26.4 Å². The third kappa shape index (κ3) is 4.32. The fourth-order valence-electron chi connectivity index (χ4n) is 4.21. The summed E-state index contributed by atoms with van der Waals surface area (Å²) in [5.41, 5.74) is 10.1. The molecule has 33 heavy (non-hydrogen) atoms. The van der Waals surface area contributed by atoms with Crippen LogP contribution in [-0.4, -0.2) is 50.3 Å². The quantitative estimate of drug-likeness (QED) is 0.418. The molecule has 1 aromatic heterocycles. The molecule has 170 valence electrons. The van der Waals surface area contributed by atoms with Crippen molar-refractivity contribution in [2.45, 2.75) is 12.3 Å². The van der Waals surface area contributed by atoms with Gasteiger partial charge in [-0.05, 0) is 48.0 Å². The van der Waals surface area contributed by atoms with Gasteiger partial charge < -0.3 is 26.1 Å². The number of carbonyl (C=O) groups is 2. The first-order valence-electron chi connectivity index (χ1n) is 10.8. The van der Waals surface area contributed by atoms with Gasteiger partial charge in [0.15, 0.2) is 0 Å². The molecule has 0 aliphatic carbocycles. The average molecular weight is 446 g/mol. The molecule has 2 heterocycles.